The van der Waals surface area contributed by atoms with E-state index in [1.165, 1.54) is 5.56 Å². The van der Waals surface area contributed by atoms with Crippen LogP contribution in [0.5, 0.6) is 0 Å². The molecular formula is C12H14O. The SMILES string of the molecule is C/C=C\c1cc(C(C)=O)ccc1C. The molecule has 0 aliphatic rings. The first-order valence-electron chi connectivity index (χ1n) is 4.39. The first kappa shape index (κ1) is 9.72. The van der Waals surface area contributed by atoms with Crippen molar-refractivity contribution in [1.29, 1.82) is 0 Å². The summed E-state index contributed by atoms with van der Waals surface area (Å²) in [5, 5.41) is 0. The van der Waals surface area contributed by atoms with Gasteiger partial charge in [0.05, 0.1) is 0 Å². The van der Waals surface area contributed by atoms with E-state index in [1.54, 1.807) is 6.92 Å². The molecule has 0 saturated carbocycles. The highest BCUT2D eigenvalue weighted by atomic mass is 16.1. The topological polar surface area (TPSA) is 17.1 Å². The van der Waals surface area contributed by atoms with Crippen LogP contribution in [-0.4, -0.2) is 5.78 Å². The molecule has 0 spiro atoms. The molecule has 0 unspecified atom stereocenters. The number of aryl methyl sites for hydroxylation is 1. The maximum Gasteiger partial charge on any atom is 0.159 e. The lowest BCUT2D eigenvalue weighted by molar-refractivity contribution is 0.101. The molecule has 0 radical (unpaired) electrons. The summed E-state index contributed by atoms with van der Waals surface area (Å²) in [6.07, 6.45) is 3.99. The van der Waals surface area contributed by atoms with E-state index >= 15 is 0 Å². The number of benzene rings is 1. The minimum atomic E-state index is 0.116. The summed E-state index contributed by atoms with van der Waals surface area (Å²) in [6.45, 7) is 5.60. The standard InChI is InChI=1S/C12H14O/c1-4-5-11-8-12(10(3)13)7-6-9(11)2/h4-8H,1-3H3/b5-4-. The van der Waals surface area contributed by atoms with Crippen molar-refractivity contribution in [2.75, 3.05) is 0 Å². The first-order chi connectivity index (χ1) is 6.15. The van der Waals surface area contributed by atoms with Crippen LogP contribution in [-0.2, 0) is 0 Å². The molecule has 0 aliphatic heterocycles. The Bertz CT molecular complexity index is 348. The van der Waals surface area contributed by atoms with E-state index in [0.717, 1.165) is 11.1 Å². The predicted molar refractivity (Wildman–Crippen MR) is 55.9 cm³/mol. The van der Waals surface area contributed by atoms with E-state index in [1.807, 2.05) is 44.2 Å². The lowest BCUT2D eigenvalue weighted by Gasteiger charge is -2.02. The third kappa shape index (κ3) is 2.28. The van der Waals surface area contributed by atoms with Gasteiger partial charge in [0, 0.05) is 5.56 Å². The van der Waals surface area contributed by atoms with Gasteiger partial charge in [-0.15, -0.1) is 0 Å². The lowest BCUT2D eigenvalue weighted by Crippen LogP contribution is -1.93. The smallest absolute Gasteiger partial charge is 0.159 e. The molecule has 1 rings (SSSR count). The molecule has 0 fully saturated rings. The van der Waals surface area contributed by atoms with Crippen LogP contribution in [0.4, 0.5) is 0 Å². The fourth-order valence-electron chi connectivity index (χ4n) is 1.22. The number of hydrogen-bond acceptors (Lipinski definition) is 1. The highest BCUT2D eigenvalue weighted by molar-refractivity contribution is 5.94. The van der Waals surface area contributed by atoms with Crippen LogP contribution in [0.3, 0.4) is 0 Å². The van der Waals surface area contributed by atoms with Crippen molar-refractivity contribution in [3.63, 3.8) is 0 Å². The molecule has 13 heavy (non-hydrogen) atoms. The Kier molecular flexibility index (Phi) is 3.02. The Labute approximate surface area is 79.1 Å². The second-order valence-electron chi connectivity index (χ2n) is 3.13. The van der Waals surface area contributed by atoms with E-state index in [-0.39, 0.29) is 5.78 Å². The van der Waals surface area contributed by atoms with Gasteiger partial charge in [0.2, 0.25) is 0 Å². The van der Waals surface area contributed by atoms with Crippen molar-refractivity contribution in [1.82, 2.24) is 0 Å². The van der Waals surface area contributed by atoms with Crippen LogP contribution in [0, 0.1) is 6.92 Å². The van der Waals surface area contributed by atoms with Gasteiger partial charge in [-0.25, -0.2) is 0 Å². The summed E-state index contributed by atoms with van der Waals surface area (Å²) < 4.78 is 0. The second-order valence-corrected chi connectivity index (χ2v) is 3.13. The summed E-state index contributed by atoms with van der Waals surface area (Å²) in [6, 6.07) is 5.77. The molecule has 0 heterocycles. The van der Waals surface area contributed by atoms with Crippen LogP contribution in [0.15, 0.2) is 24.3 Å². The molecule has 0 N–H and O–H groups in total. The number of allylic oxidation sites excluding steroid dienone is 1. The molecule has 0 aromatic heterocycles. The largest absolute Gasteiger partial charge is 0.295 e. The zero-order valence-electron chi connectivity index (χ0n) is 8.29. The summed E-state index contributed by atoms with van der Waals surface area (Å²) in [7, 11) is 0. The van der Waals surface area contributed by atoms with Gasteiger partial charge in [-0.3, -0.25) is 4.79 Å². The Morgan fingerprint density at radius 2 is 2.08 bits per heavy atom. The van der Waals surface area contributed by atoms with Gasteiger partial charge < -0.3 is 0 Å². The number of carbonyl (C=O) groups excluding carboxylic acids is 1. The van der Waals surface area contributed by atoms with Gasteiger partial charge in [0.15, 0.2) is 5.78 Å². The summed E-state index contributed by atoms with van der Waals surface area (Å²) in [5.74, 6) is 0.116. The van der Waals surface area contributed by atoms with Crippen molar-refractivity contribution < 1.29 is 4.79 Å². The first-order valence-corrected chi connectivity index (χ1v) is 4.39. The number of ketones is 1. The molecule has 0 atom stereocenters. The number of rotatable bonds is 2. The molecule has 0 saturated heterocycles. The van der Waals surface area contributed by atoms with Crippen LogP contribution >= 0.6 is 0 Å². The fourth-order valence-corrected chi connectivity index (χ4v) is 1.22. The average Bonchev–Trinajstić information content (AvgIpc) is 2.08. The van der Waals surface area contributed by atoms with Crippen molar-refractivity contribution in [3.05, 3.63) is 41.0 Å². The van der Waals surface area contributed by atoms with Crippen molar-refractivity contribution in [2.45, 2.75) is 20.8 Å². The van der Waals surface area contributed by atoms with E-state index in [4.69, 9.17) is 0 Å². The number of carbonyl (C=O) groups is 1. The quantitative estimate of drug-likeness (QED) is 0.629. The zero-order valence-corrected chi connectivity index (χ0v) is 8.29. The summed E-state index contributed by atoms with van der Waals surface area (Å²) >= 11 is 0. The molecule has 68 valence electrons. The zero-order chi connectivity index (χ0) is 9.84. The normalized spacial score (nSPS) is 10.7. The van der Waals surface area contributed by atoms with Gasteiger partial charge in [0.1, 0.15) is 0 Å². The van der Waals surface area contributed by atoms with Crippen molar-refractivity contribution in [3.8, 4) is 0 Å². The number of Topliss-reactive ketones (excluding diaryl/α,β-unsaturated/α-hetero) is 1. The fraction of sp³-hybridized carbons (Fsp3) is 0.250. The summed E-state index contributed by atoms with van der Waals surface area (Å²) in [5.41, 5.74) is 3.09. The lowest BCUT2D eigenvalue weighted by atomic mass is 10.0. The van der Waals surface area contributed by atoms with E-state index in [0.29, 0.717) is 0 Å². The van der Waals surface area contributed by atoms with Crippen LogP contribution in [0.1, 0.15) is 35.3 Å². The molecule has 0 amide bonds. The number of hydrogen-bond donors (Lipinski definition) is 0. The van der Waals surface area contributed by atoms with Crippen LogP contribution < -0.4 is 0 Å². The molecule has 0 bridgehead atoms. The van der Waals surface area contributed by atoms with Crippen LogP contribution in [0.2, 0.25) is 0 Å². The third-order valence-electron chi connectivity index (χ3n) is 2.03. The highest BCUT2D eigenvalue weighted by Crippen LogP contribution is 2.13. The van der Waals surface area contributed by atoms with Crippen molar-refractivity contribution >= 4 is 11.9 Å². The summed E-state index contributed by atoms with van der Waals surface area (Å²) in [4.78, 5) is 11.1. The molecule has 1 nitrogen and oxygen atoms in total. The van der Waals surface area contributed by atoms with Gasteiger partial charge in [-0.05, 0) is 38.0 Å². The maximum absolute atomic E-state index is 11.1. The van der Waals surface area contributed by atoms with E-state index in [2.05, 4.69) is 0 Å². The molecule has 1 heteroatoms. The average molecular weight is 174 g/mol. The van der Waals surface area contributed by atoms with Crippen molar-refractivity contribution in [2.24, 2.45) is 0 Å². The predicted octanol–water partition coefficient (Wildman–Crippen LogP) is 3.23. The minimum absolute atomic E-state index is 0.116. The van der Waals surface area contributed by atoms with Gasteiger partial charge in [0.25, 0.3) is 0 Å². The Morgan fingerprint density at radius 3 is 2.62 bits per heavy atom. The maximum atomic E-state index is 11.1. The van der Waals surface area contributed by atoms with E-state index < -0.39 is 0 Å². The highest BCUT2D eigenvalue weighted by Gasteiger charge is 2.00. The minimum Gasteiger partial charge on any atom is -0.295 e. The van der Waals surface area contributed by atoms with Gasteiger partial charge in [-0.2, -0.15) is 0 Å². The molecular weight excluding hydrogens is 160 g/mol. The monoisotopic (exact) mass is 174 g/mol. The Morgan fingerprint density at radius 1 is 1.38 bits per heavy atom. The second kappa shape index (κ2) is 4.04. The Balaban J connectivity index is 3.18. The molecule has 1 aromatic rings. The molecule has 1 aromatic carbocycles. The van der Waals surface area contributed by atoms with Crippen LogP contribution in [0.25, 0.3) is 6.08 Å². The Hall–Kier alpha value is -1.37. The van der Waals surface area contributed by atoms with E-state index in [9.17, 15) is 4.79 Å². The van der Waals surface area contributed by atoms with Gasteiger partial charge >= 0.3 is 0 Å². The van der Waals surface area contributed by atoms with Gasteiger partial charge in [-0.1, -0.05) is 24.3 Å². The third-order valence-corrected chi connectivity index (χ3v) is 2.03. The molecule has 0 aliphatic carbocycles.